The van der Waals surface area contributed by atoms with Crippen molar-refractivity contribution in [1.29, 1.82) is 0 Å². The first-order chi connectivity index (χ1) is 12.3. The van der Waals surface area contributed by atoms with E-state index in [-0.39, 0.29) is 24.0 Å². The summed E-state index contributed by atoms with van der Waals surface area (Å²) in [6.45, 7) is 1.42. The fourth-order valence-corrected chi connectivity index (χ4v) is 2.81. The van der Waals surface area contributed by atoms with Crippen LogP contribution in [0.15, 0.2) is 65.8 Å². The molecule has 4 nitrogen and oxygen atoms in total. The van der Waals surface area contributed by atoms with E-state index in [9.17, 15) is 0 Å². The molecule has 3 rings (SSSR count). The van der Waals surface area contributed by atoms with Crippen LogP contribution in [0.25, 0.3) is 10.8 Å². The Balaban J connectivity index is 0.00000243. The first-order valence-corrected chi connectivity index (χ1v) is 8.65. The number of nitrogens with zero attached hydrogens (tertiary/aromatic N) is 2. The van der Waals surface area contributed by atoms with Gasteiger partial charge in [-0.1, -0.05) is 48.0 Å². The van der Waals surface area contributed by atoms with Gasteiger partial charge in [0.15, 0.2) is 5.96 Å². The summed E-state index contributed by atoms with van der Waals surface area (Å²) in [6, 6.07) is 18.2. The number of halogens is 2. The molecule has 1 aromatic heterocycles. The minimum atomic E-state index is 0. The third kappa shape index (κ3) is 5.57. The van der Waals surface area contributed by atoms with Gasteiger partial charge in [-0.05, 0) is 35.6 Å². The van der Waals surface area contributed by atoms with Crippen molar-refractivity contribution >= 4 is 52.3 Å². The monoisotopic (exact) mass is 480 g/mol. The van der Waals surface area contributed by atoms with Gasteiger partial charge in [0.05, 0.1) is 12.2 Å². The number of aromatic nitrogens is 1. The zero-order valence-corrected chi connectivity index (χ0v) is 17.7. The molecule has 0 radical (unpaired) electrons. The second kappa shape index (κ2) is 10.3. The second-order valence-corrected chi connectivity index (χ2v) is 6.14. The van der Waals surface area contributed by atoms with Crippen molar-refractivity contribution in [1.82, 2.24) is 15.6 Å². The topological polar surface area (TPSA) is 49.3 Å². The third-order valence-corrected chi connectivity index (χ3v) is 4.27. The summed E-state index contributed by atoms with van der Waals surface area (Å²) in [6.07, 6.45) is 2.75. The van der Waals surface area contributed by atoms with E-state index in [1.54, 1.807) is 7.05 Å². The highest BCUT2D eigenvalue weighted by molar-refractivity contribution is 14.0. The Morgan fingerprint density at radius 2 is 1.81 bits per heavy atom. The molecule has 0 fully saturated rings. The zero-order valence-electron chi connectivity index (χ0n) is 14.6. The van der Waals surface area contributed by atoms with E-state index in [0.29, 0.717) is 6.54 Å². The van der Waals surface area contributed by atoms with Gasteiger partial charge in [-0.25, -0.2) is 0 Å². The number of aliphatic imine (C=N–C) groups is 1. The predicted octanol–water partition coefficient (Wildman–Crippen LogP) is 4.41. The minimum absolute atomic E-state index is 0. The normalized spacial score (nSPS) is 11.1. The van der Waals surface area contributed by atoms with Gasteiger partial charge in [-0.3, -0.25) is 9.98 Å². The van der Waals surface area contributed by atoms with Crippen LogP contribution in [0.5, 0.6) is 0 Å². The standard InChI is InChI=1S/C20H21ClN4.HI/c1-22-20(24-12-10-15-6-8-17(21)9-7-15)25-14-19-18-5-3-2-4-16(18)11-13-23-19;/h2-9,11,13H,10,12,14H2,1H3,(H2,22,24,25);1H. The molecule has 6 heteroatoms. The summed E-state index contributed by atoms with van der Waals surface area (Å²) in [5.41, 5.74) is 2.25. The Labute approximate surface area is 176 Å². The Bertz CT molecular complexity index is 860. The maximum Gasteiger partial charge on any atom is 0.191 e. The molecule has 0 saturated heterocycles. The molecule has 0 aliphatic carbocycles. The van der Waals surface area contributed by atoms with Gasteiger partial charge in [-0.15, -0.1) is 24.0 Å². The number of benzene rings is 2. The van der Waals surface area contributed by atoms with Gasteiger partial charge in [0.25, 0.3) is 0 Å². The van der Waals surface area contributed by atoms with E-state index in [2.05, 4.69) is 32.7 Å². The smallest absolute Gasteiger partial charge is 0.191 e. The molecule has 0 amide bonds. The van der Waals surface area contributed by atoms with Crippen LogP contribution < -0.4 is 10.6 Å². The average molecular weight is 481 g/mol. The summed E-state index contributed by atoms with van der Waals surface area (Å²) in [5.74, 6) is 0.767. The highest BCUT2D eigenvalue weighted by Crippen LogP contribution is 2.15. The van der Waals surface area contributed by atoms with E-state index in [1.165, 1.54) is 10.9 Å². The van der Waals surface area contributed by atoms with Gasteiger partial charge >= 0.3 is 0 Å². The lowest BCUT2D eigenvalue weighted by Gasteiger charge is -2.12. The number of nitrogens with one attached hydrogen (secondary N) is 2. The lowest BCUT2D eigenvalue weighted by Crippen LogP contribution is -2.38. The molecule has 0 atom stereocenters. The van der Waals surface area contributed by atoms with E-state index < -0.39 is 0 Å². The van der Waals surface area contributed by atoms with Crippen LogP contribution in [0.3, 0.4) is 0 Å². The van der Waals surface area contributed by atoms with Crippen molar-refractivity contribution in [3.8, 4) is 0 Å². The molecule has 26 heavy (non-hydrogen) atoms. The number of hydrogen-bond acceptors (Lipinski definition) is 2. The second-order valence-electron chi connectivity index (χ2n) is 5.71. The first-order valence-electron chi connectivity index (χ1n) is 8.28. The van der Waals surface area contributed by atoms with Crippen LogP contribution in [0.4, 0.5) is 0 Å². The Hall–Kier alpha value is -1.86. The Kier molecular flexibility index (Phi) is 8.12. The van der Waals surface area contributed by atoms with Crippen LogP contribution in [0, 0.1) is 0 Å². The number of pyridine rings is 1. The molecule has 0 bridgehead atoms. The van der Waals surface area contributed by atoms with Gasteiger partial charge in [0.1, 0.15) is 0 Å². The molecule has 0 unspecified atom stereocenters. The van der Waals surface area contributed by atoms with Crippen LogP contribution in [-0.4, -0.2) is 24.5 Å². The highest BCUT2D eigenvalue weighted by Gasteiger charge is 2.03. The maximum atomic E-state index is 5.91. The number of fused-ring (bicyclic) bond motifs is 1. The van der Waals surface area contributed by atoms with Crippen LogP contribution in [0.1, 0.15) is 11.3 Å². The molecular formula is C20H22ClIN4. The van der Waals surface area contributed by atoms with E-state index in [1.807, 2.05) is 48.7 Å². The van der Waals surface area contributed by atoms with Crippen molar-refractivity contribution in [2.24, 2.45) is 4.99 Å². The number of hydrogen-bond donors (Lipinski definition) is 2. The summed E-state index contributed by atoms with van der Waals surface area (Å²) < 4.78 is 0. The highest BCUT2D eigenvalue weighted by atomic mass is 127. The number of rotatable bonds is 5. The van der Waals surface area contributed by atoms with E-state index >= 15 is 0 Å². The molecular weight excluding hydrogens is 459 g/mol. The SMILES string of the molecule is CN=C(NCCc1ccc(Cl)cc1)NCc1nccc2ccccc12.I. The van der Waals surface area contributed by atoms with Crippen molar-refractivity contribution in [2.75, 3.05) is 13.6 Å². The molecule has 2 N–H and O–H groups in total. The lowest BCUT2D eigenvalue weighted by molar-refractivity contribution is 0.787. The van der Waals surface area contributed by atoms with Gasteiger partial charge in [0, 0.05) is 30.2 Å². The molecule has 3 aromatic rings. The van der Waals surface area contributed by atoms with Crippen LogP contribution in [-0.2, 0) is 13.0 Å². The average Bonchev–Trinajstić information content (AvgIpc) is 2.66. The molecule has 0 saturated carbocycles. The Morgan fingerprint density at radius 3 is 2.58 bits per heavy atom. The number of guanidine groups is 1. The summed E-state index contributed by atoms with van der Waals surface area (Å²) in [4.78, 5) is 8.77. The fraction of sp³-hybridized carbons (Fsp3) is 0.200. The fourth-order valence-electron chi connectivity index (χ4n) is 2.69. The molecule has 0 aliphatic rings. The van der Waals surface area contributed by atoms with Crippen molar-refractivity contribution in [2.45, 2.75) is 13.0 Å². The van der Waals surface area contributed by atoms with Gasteiger partial charge < -0.3 is 10.6 Å². The predicted molar refractivity (Wildman–Crippen MR) is 121 cm³/mol. The van der Waals surface area contributed by atoms with Crippen molar-refractivity contribution in [3.05, 3.63) is 77.1 Å². The molecule has 0 aliphatic heterocycles. The third-order valence-electron chi connectivity index (χ3n) is 4.02. The molecule has 136 valence electrons. The molecule has 0 spiro atoms. The van der Waals surface area contributed by atoms with Gasteiger partial charge in [-0.2, -0.15) is 0 Å². The van der Waals surface area contributed by atoms with E-state index in [0.717, 1.165) is 35.0 Å². The van der Waals surface area contributed by atoms with Gasteiger partial charge in [0.2, 0.25) is 0 Å². The summed E-state index contributed by atoms with van der Waals surface area (Å²) in [5, 5.41) is 9.77. The zero-order chi connectivity index (χ0) is 17.5. The van der Waals surface area contributed by atoms with Crippen molar-refractivity contribution < 1.29 is 0 Å². The lowest BCUT2D eigenvalue weighted by atomic mass is 10.1. The summed E-state index contributed by atoms with van der Waals surface area (Å²) in [7, 11) is 1.77. The molecule has 1 heterocycles. The molecule has 2 aromatic carbocycles. The summed E-state index contributed by atoms with van der Waals surface area (Å²) >= 11 is 5.91. The van der Waals surface area contributed by atoms with Crippen molar-refractivity contribution in [3.63, 3.8) is 0 Å². The quantitative estimate of drug-likeness (QED) is 0.323. The van der Waals surface area contributed by atoms with E-state index in [4.69, 9.17) is 11.6 Å². The first kappa shape index (κ1) is 20.5. The maximum absolute atomic E-state index is 5.91. The minimum Gasteiger partial charge on any atom is -0.356 e. The Morgan fingerprint density at radius 1 is 1.04 bits per heavy atom. The largest absolute Gasteiger partial charge is 0.356 e. The van der Waals surface area contributed by atoms with Crippen LogP contribution in [0.2, 0.25) is 5.02 Å². The van der Waals surface area contributed by atoms with Crippen LogP contribution >= 0.6 is 35.6 Å².